The van der Waals surface area contributed by atoms with Crippen LogP contribution in [0.1, 0.15) is 311 Å². The minimum absolute atomic E-state index is 0.000720. The number of hydrogen-bond acceptors (Lipinski definition) is 10. The monoisotopic (exact) mass is 1500 g/mol. The molecule has 6 rings (SSSR count). The normalized spacial score (nSPS) is 17.5. The van der Waals surface area contributed by atoms with Gasteiger partial charge < -0.3 is 47.1 Å². The molecule has 5 aromatic rings. The van der Waals surface area contributed by atoms with E-state index in [0.29, 0.717) is 46.1 Å². The maximum absolute atomic E-state index is 11.2. The summed E-state index contributed by atoms with van der Waals surface area (Å²) in [5.41, 5.74) is 5.23. The van der Waals surface area contributed by atoms with E-state index in [0.717, 1.165) is 137 Å². The highest BCUT2D eigenvalue weighted by atomic mass is 32.2. The van der Waals surface area contributed by atoms with Crippen LogP contribution >= 0.6 is 19.6 Å². The average molecular weight is 1500 g/mol. The highest BCUT2D eigenvalue weighted by Crippen LogP contribution is 2.40. The molecule has 1 aliphatic carbocycles. The summed E-state index contributed by atoms with van der Waals surface area (Å²) in [5, 5.41) is 0.0564. The molecule has 0 spiro atoms. The number of ether oxygens (including phenoxy) is 7. The summed E-state index contributed by atoms with van der Waals surface area (Å²) in [4.78, 5) is 18.4. The van der Waals surface area contributed by atoms with E-state index in [1.54, 1.807) is 12.0 Å². The number of rotatable bonds is 69. The zero-order valence-corrected chi connectivity index (χ0v) is 67.9. The van der Waals surface area contributed by atoms with Crippen molar-refractivity contribution in [1.29, 1.82) is 0 Å². The fourth-order valence-corrected chi connectivity index (χ4v) is 16.2. The third kappa shape index (κ3) is 44.2. The van der Waals surface area contributed by atoms with E-state index >= 15 is 0 Å². The first-order chi connectivity index (χ1) is 52.3. The van der Waals surface area contributed by atoms with E-state index in [-0.39, 0.29) is 17.5 Å². The molecule has 594 valence electrons. The lowest BCUT2D eigenvalue weighted by Crippen LogP contribution is -2.67. The van der Waals surface area contributed by atoms with Gasteiger partial charge in [-0.1, -0.05) is 390 Å². The van der Waals surface area contributed by atoms with E-state index in [1.165, 1.54) is 167 Å². The third-order valence-corrected chi connectivity index (χ3v) is 22.8. The molecule has 8 atom stereocenters. The first kappa shape index (κ1) is 90.9. The van der Waals surface area contributed by atoms with Crippen molar-refractivity contribution < 1.29 is 51.7 Å². The largest absolute Gasteiger partial charge is 0.379 e. The van der Waals surface area contributed by atoms with Crippen LogP contribution in [-0.4, -0.2) is 83.7 Å². The van der Waals surface area contributed by atoms with E-state index in [2.05, 4.69) is 147 Å². The Morgan fingerprint density at radius 2 is 0.632 bits per heavy atom. The summed E-state index contributed by atoms with van der Waals surface area (Å²) in [7, 11) is -3.89. The molecule has 0 heterocycles. The molecule has 1 saturated carbocycles. The predicted octanol–water partition coefficient (Wildman–Crippen LogP) is 25.9. The Morgan fingerprint density at radius 1 is 0.349 bits per heavy atom. The molecular weight excluding hydrogens is 1360 g/mol. The summed E-state index contributed by atoms with van der Waals surface area (Å²) < 4.78 is 69.5. The van der Waals surface area contributed by atoms with E-state index in [1.807, 2.05) is 30.3 Å². The van der Waals surface area contributed by atoms with E-state index < -0.39 is 44.2 Å². The van der Waals surface area contributed by atoms with E-state index in [4.69, 9.17) is 37.3 Å². The average Bonchev–Trinajstić information content (AvgIpc) is 0.763. The summed E-state index contributed by atoms with van der Waals surface area (Å²) in [6.07, 6.45) is 52.0. The van der Waals surface area contributed by atoms with Crippen molar-refractivity contribution in [3.05, 3.63) is 192 Å². The maximum Gasteiger partial charge on any atom is 0.325 e. The summed E-state index contributed by atoms with van der Waals surface area (Å²) in [6, 6.07) is 52.0. The molecule has 1 fully saturated rings. The highest BCUT2D eigenvalue weighted by Gasteiger charge is 2.56. The van der Waals surface area contributed by atoms with Gasteiger partial charge in [0.05, 0.1) is 45.7 Å². The van der Waals surface area contributed by atoms with Crippen molar-refractivity contribution in [2.24, 2.45) is 0 Å². The van der Waals surface area contributed by atoms with Gasteiger partial charge in [-0.05, 0) is 97.6 Å². The summed E-state index contributed by atoms with van der Waals surface area (Å²) >= 11 is 1.58. The van der Waals surface area contributed by atoms with Crippen molar-refractivity contribution >= 4 is 19.6 Å². The van der Waals surface area contributed by atoms with Gasteiger partial charge in [0.25, 0.3) is 0 Å². The van der Waals surface area contributed by atoms with Gasteiger partial charge in [0.1, 0.15) is 36.6 Å². The van der Waals surface area contributed by atoms with Crippen molar-refractivity contribution in [2.75, 3.05) is 26.0 Å². The first-order valence-electron chi connectivity index (χ1n) is 42.8. The Labute approximate surface area is 649 Å². The predicted molar refractivity (Wildman–Crippen MR) is 443 cm³/mol. The molecule has 1 aliphatic rings. The molecule has 0 saturated heterocycles. The lowest BCUT2D eigenvalue weighted by atomic mass is 9.83. The standard InChI is InChI=1S/C93H145O11PS/c1-3-5-7-9-11-13-15-17-22-26-30-34-38-57-71-97-80-86(98-72-58-39-35-31-27-23-18-16-14-12-10-8-6-4-2)74-87(70-56-37-33-29-25-21-19-20-24-28-32-36-40-59-73-105(94,95)96)106-104-93-91(102-78-84-66-52-44-53-67-84)89(100-76-82-62-48-42-49-63-82)88(99-75-81-60-46-41-47-61-81)90(101-77-83-64-50-43-51-65-83)92(93)103-79-85-68-54-45-55-69-85/h19,21,41-55,60-69,86-93H,3-18,20,22-40,56-59,70-80H2,1-2H3,(H2,94,95,96)/b21-19-/t86?,87?,88?,89-,90+,91-,92-,93?/m0/s1. The summed E-state index contributed by atoms with van der Waals surface area (Å²) in [5.74, 6) is 0. The van der Waals surface area contributed by atoms with Crippen LogP contribution in [-0.2, 0) is 74.9 Å². The van der Waals surface area contributed by atoms with Crippen LogP contribution in [0.5, 0.6) is 0 Å². The van der Waals surface area contributed by atoms with Gasteiger partial charge in [-0.2, -0.15) is 0 Å². The molecule has 4 unspecified atom stereocenters. The van der Waals surface area contributed by atoms with Crippen LogP contribution in [0.15, 0.2) is 164 Å². The molecule has 2 N–H and O–H groups in total. The molecule has 0 aromatic heterocycles. The van der Waals surface area contributed by atoms with Gasteiger partial charge in [0.2, 0.25) is 0 Å². The summed E-state index contributed by atoms with van der Waals surface area (Å²) in [6.45, 7) is 8.24. The lowest BCUT2D eigenvalue weighted by molar-refractivity contribution is -0.277. The Balaban J connectivity index is 1.24. The Kier molecular flexibility index (Phi) is 52.9. The van der Waals surface area contributed by atoms with Crippen LogP contribution < -0.4 is 0 Å². The van der Waals surface area contributed by atoms with Crippen molar-refractivity contribution in [1.82, 2.24) is 0 Å². The smallest absolute Gasteiger partial charge is 0.325 e. The minimum atomic E-state index is -3.89. The molecule has 0 bridgehead atoms. The second-order valence-electron chi connectivity index (χ2n) is 30.3. The molecular formula is C93H145O11PS. The lowest BCUT2D eigenvalue weighted by Gasteiger charge is -2.49. The van der Waals surface area contributed by atoms with Crippen molar-refractivity contribution in [2.45, 2.75) is 365 Å². The Bertz CT molecular complexity index is 2740. The molecule has 5 aromatic carbocycles. The van der Waals surface area contributed by atoms with Gasteiger partial charge in [-0.25, -0.2) is 0 Å². The van der Waals surface area contributed by atoms with Gasteiger partial charge in [0.15, 0.2) is 0 Å². The van der Waals surface area contributed by atoms with Crippen LogP contribution in [0, 0.1) is 0 Å². The zero-order valence-electron chi connectivity index (χ0n) is 66.2. The quantitative estimate of drug-likeness (QED) is 0.0166. The van der Waals surface area contributed by atoms with Crippen molar-refractivity contribution in [3.8, 4) is 0 Å². The molecule has 0 radical (unpaired) electrons. The van der Waals surface area contributed by atoms with Gasteiger partial charge in [-0.15, -0.1) is 0 Å². The third-order valence-electron chi connectivity index (χ3n) is 20.9. The van der Waals surface area contributed by atoms with Crippen LogP contribution in [0.25, 0.3) is 0 Å². The fraction of sp³-hybridized carbons (Fsp3) is 0.656. The maximum atomic E-state index is 11.2. The molecule has 106 heavy (non-hydrogen) atoms. The topological polar surface area (TPSA) is 131 Å². The van der Waals surface area contributed by atoms with Crippen LogP contribution in [0.2, 0.25) is 0 Å². The number of benzene rings is 5. The van der Waals surface area contributed by atoms with Gasteiger partial charge >= 0.3 is 7.60 Å². The number of hydrogen-bond donors (Lipinski definition) is 2. The number of allylic oxidation sites excluding steroid dienone is 2. The Hall–Kier alpha value is -3.98. The molecule has 13 heteroatoms. The number of unbranched alkanes of at least 4 members (excludes halogenated alkanes) is 36. The zero-order chi connectivity index (χ0) is 74.5. The molecule has 11 nitrogen and oxygen atoms in total. The first-order valence-corrected chi connectivity index (χ1v) is 45.4. The minimum Gasteiger partial charge on any atom is -0.379 e. The highest BCUT2D eigenvalue weighted by molar-refractivity contribution is 7.95. The fourth-order valence-electron chi connectivity index (χ4n) is 14.5. The second kappa shape index (κ2) is 61.7. The van der Waals surface area contributed by atoms with Gasteiger partial charge in [-0.3, -0.25) is 4.57 Å². The molecule has 0 amide bonds. The van der Waals surface area contributed by atoms with Gasteiger partial charge in [0, 0.05) is 24.6 Å². The SMILES string of the molecule is CCCCCCCCCCCCCCCCOCC(CC(CCCCCC/C=C\CCCCCCCCP(=O)(O)O)SOC1[C@@H](OCc2ccccc2)[C@H](OCc2ccccc2)C(OCc2ccccc2)[C@H](OCc2ccccc2)[C@@H]1OCc1ccccc1)OCCCCCCCCCCCCCCCC. The Morgan fingerprint density at radius 3 is 0.962 bits per heavy atom. The molecule has 0 aliphatic heterocycles. The van der Waals surface area contributed by atoms with Crippen molar-refractivity contribution in [3.63, 3.8) is 0 Å². The van der Waals surface area contributed by atoms with Crippen LogP contribution in [0.3, 0.4) is 0 Å². The van der Waals surface area contributed by atoms with Crippen LogP contribution in [0.4, 0.5) is 0 Å². The second-order valence-corrected chi connectivity index (χ2v) is 33.2. The van der Waals surface area contributed by atoms with E-state index in [9.17, 15) is 14.4 Å².